The maximum atomic E-state index is 11.1. The zero-order valence-electron chi connectivity index (χ0n) is 10.1. The van der Waals surface area contributed by atoms with Crippen LogP contribution >= 0.6 is 0 Å². The summed E-state index contributed by atoms with van der Waals surface area (Å²) >= 11 is 0. The smallest absolute Gasteiger partial charge is 0.336 e. The van der Waals surface area contributed by atoms with E-state index in [4.69, 9.17) is 9.84 Å². The van der Waals surface area contributed by atoms with Gasteiger partial charge in [-0.2, -0.15) is 0 Å². The van der Waals surface area contributed by atoms with Crippen LogP contribution in [0.5, 0.6) is 0 Å². The number of morpholine rings is 1. The molecule has 1 aromatic rings. The van der Waals surface area contributed by atoms with Crippen molar-refractivity contribution in [3.05, 3.63) is 35.4 Å². The number of carboxylic acids is 1. The summed E-state index contributed by atoms with van der Waals surface area (Å²) in [5, 5.41) is 18.4. The summed E-state index contributed by atoms with van der Waals surface area (Å²) in [5.41, 5.74) is 1.09. The minimum atomic E-state index is -0.917. The van der Waals surface area contributed by atoms with Crippen molar-refractivity contribution in [2.45, 2.75) is 12.6 Å². The van der Waals surface area contributed by atoms with Crippen LogP contribution in [0.25, 0.3) is 0 Å². The fraction of sp³-hybridized carbons (Fsp3) is 0.462. The highest BCUT2D eigenvalue weighted by Gasteiger charge is 2.23. The zero-order chi connectivity index (χ0) is 13.0. The number of hydrogen-bond acceptors (Lipinski definition) is 4. The first-order valence-corrected chi connectivity index (χ1v) is 5.96. The Morgan fingerprint density at radius 1 is 1.44 bits per heavy atom. The fourth-order valence-electron chi connectivity index (χ4n) is 2.15. The molecule has 18 heavy (non-hydrogen) atoms. The van der Waals surface area contributed by atoms with Gasteiger partial charge in [-0.05, 0) is 11.6 Å². The molecule has 2 rings (SSSR count). The van der Waals surface area contributed by atoms with Crippen LogP contribution in [0, 0.1) is 0 Å². The highest BCUT2D eigenvalue weighted by molar-refractivity contribution is 5.89. The van der Waals surface area contributed by atoms with Gasteiger partial charge in [-0.15, -0.1) is 0 Å². The summed E-state index contributed by atoms with van der Waals surface area (Å²) in [7, 11) is 0. The molecule has 1 atom stereocenters. The SMILES string of the molecule is O=C(O)c1ccccc1CN1CCOCC1CO. The minimum absolute atomic E-state index is 0.0231. The number of carboxylic acid groups (broad SMARTS) is 1. The topological polar surface area (TPSA) is 70.0 Å². The summed E-state index contributed by atoms with van der Waals surface area (Å²) in [6, 6.07) is 6.91. The first kappa shape index (κ1) is 13.0. The molecule has 1 unspecified atom stereocenters. The second-order valence-corrected chi connectivity index (χ2v) is 4.34. The van der Waals surface area contributed by atoms with Gasteiger partial charge in [0.2, 0.25) is 0 Å². The lowest BCUT2D eigenvalue weighted by Gasteiger charge is -2.34. The van der Waals surface area contributed by atoms with Gasteiger partial charge in [0.1, 0.15) is 0 Å². The standard InChI is InChI=1S/C13H17NO4/c15-8-11-9-18-6-5-14(11)7-10-3-1-2-4-12(10)13(16)17/h1-4,11,15H,5-9H2,(H,16,17). The van der Waals surface area contributed by atoms with E-state index in [0.717, 1.165) is 5.56 Å². The van der Waals surface area contributed by atoms with Crippen molar-refractivity contribution >= 4 is 5.97 Å². The van der Waals surface area contributed by atoms with Gasteiger partial charge in [0.15, 0.2) is 0 Å². The Bertz CT molecular complexity index is 421. The van der Waals surface area contributed by atoms with Crippen molar-refractivity contribution in [1.29, 1.82) is 0 Å². The highest BCUT2D eigenvalue weighted by Crippen LogP contribution is 2.15. The zero-order valence-corrected chi connectivity index (χ0v) is 10.1. The summed E-state index contributed by atoms with van der Waals surface area (Å²) in [4.78, 5) is 13.2. The summed E-state index contributed by atoms with van der Waals surface area (Å²) in [5.74, 6) is -0.917. The van der Waals surface area contributed by atoms with E-state index in [1.54, 1.807) is 12.1 Å². The normalized spacial score (nSPS) is 20.8. The van der Waals surface area contributed by atoms with E-state index < -0.39 is 5.97 Å². The van der Waals surface area contributed by atoms with E-state index in [2.05, 4.69) is 4.90 Å². The van der Waals surface area contributed by atoms with Gasteiger partial charge < -0.3 is 14.9 Å². The molecular formula is C13H17NO4. The lowest BCUT2D eigenvalue weighted by molar-refractivity contribution is -0.0313. The van der Waals surface area contributed by atoms with Crippen molar-refractivity contribution in [3.63, 3.8) is 0 Å². The molecule has 0 spiro atoms. The molecule has 0 aromatic heterocycles. The molecule has 0 radical (unpaired) electrons. The Kier molecular flexibility index (Phi) is 4.30. The van der Waals surface area contributed by atoms with Crippen LogP contribution in [-0.4, -0.2) is 53.5 Å². The van der Waals surface area contributed by atoms with Crippen LogP contribution in [0.3, 0.4) is 0 Å². The number of aromatic carboxylic acids is 1. The Morgan fingerprint density at radius 3 is 2.94 bits per heavy atom. The van der Waals surface area contributed by atoms with E-state index in [-0.39, 0.29) is 12.6 Å². The third kappa shape index (κ3) is 2.87. The number of rotatable bonds is 4. The van der Waals surface area contributed by atoms with Crippen molar-refractivity contribution in [2.24, 2.45) is 0 Å². The maximum Gasteiger partial charge on any atom is 0.336 e. The molecule has 0 bridgehead atoms. The van der Waals surface area contributed by atoms with E-state index in [9.17, 15) is 9.90 Å². The van der Waals surface area contributed by atoms with Crippen LogP contribution in [0.2, 0.25) is 0 Å². The number of aliphatic hydroxyl groups is 1. The Balaban J connectivity index is 2.15. The fourth-order valence-corrected chi connectivity index (χ4v) is 2.15. The van der Waals surface area contributed by atoms with Crippen molar-refractivity contribution in [2.75, 3.05) is 26.4 Å². The lowest BCUT2D eigenvalue weighted by atomic mass is 10.1. The third-order valence-electron chi connectivity index (χ3n) is 3.18. The molecule has 1 heterocycles. The maximum absolute atomic E-state index is 11.1. The molecule has 1 aliphatic rings. The van der Waals surface area contributed by atoms with E-state index in [0.29, 0.717) is 31.9 Å². The largest absolute Gasteiger partial charge is 0.478 e. The van der Waals surface area contributed by atoms with Gasteiger partial charge in [0, 0.05) is 13.1 Å². The molecular weight excluding hydrogens is 234 g/mol. The van der Waals surface area contributed by atoms with Crippen LogP contribution in [0.1, 0.15) is 15.9 Å². The predicted molar refractivity (Wildman–Crippen MR) is 65.5 cm³/mol. The van der Waals surface area contributed by atoms with Crippen LogP contribution in [-0.2, 0) is 11.3 Å². The number of nitrogens with zero attached hydrogens (tertiary/aromatic N) is 1. The summed E-state index contributed by atoms with van der Waals surface area (Å²) in [6.07, 6.45) is 0. The van der Waals surface area contributed by atoms with Crippen LogP contribution < -0.4 is 0 Å². The predicted octanol–water partition coefficient (Wildman–Crippen LogP) is 0.578. The van der Waals surface area contributed by atoms with Gasteiger partial charge >= 0.3 is 5.97 Å². The summed E-state index contributed by atoms with van der Waals surface area (Å²) < 4.78 is 5.30. The third-order valence-corrected chi connectivity index (χ3v) is 3.18. The van der Waals surface area contributed by atoms with Gasteiger partial charge in [-0.3, -0.25) is 4.90 Å². The number of ether oxygens (including phenoxy) is 1. The average molecular weight is 251 g/mol. The second kappa shape index (κ2) is 5.95. The lowest BCUT2D eigenvalue weighted by Crippen LogP contribution is -2.47. The highest BCUT2D eigenvalue weighted by atomic mass is 16.5. The van der Waals surface area contributed by atoms with Crippen molar-refractivity contribution in [1.82, 2.24) is 4.90 Å². The van der Waals surface area contributed by atoms with Gasteiger partial charge in [-0.25, -0.2) is 4.79 Å². The number of carbonyl (C=O) groups is 1. The second-order valence-electron chi connectivity index (χ2n) is 4.34. The van der Waals surface area contributed by atoms with E-state index in [1.165, 1.54) is 0 Å². The first-order valence-electron chi connectivity index (χ1n) is 5.96. The quantitative estimate of drug-likeness (QED) is 0.819. The molecule has 1 aliphatic heterocycles. The average Bonchev–Trinajstić information content (AvgIpc) is 2.40. The Hall–Kier alpha value is -1.43. The molecule has 0 aliphatic carbocycles. The van der Waals surface area contributed by atoms with Gasteiger partial charge in [0.25, 0.3) is 0 Å². The molecule has 1 aromatic carbocycles. The number of hydrogen-bond donors (Lipinski definition) is 2. The molecule has 5 nitrogen and oxygen atoms in total. The van der Waals surface area contributed by atoms with Crippen molar-refractivity contribution in [3.8, 4) is 0 Å². The van der Waals surface area contributed by atoms with Gasteiger partial charge in [-0.1, -0.05) is 18.2 Å². The van der Waals surface area contributed by atoms with E-state index >= 15 is 0 Å². The van der Waals surface area contributed by atoms with E-state index in [1.807, 2.05) is 12.1 Å². The molecule has 1 fully saturated rings. The first-order chi connectivity index (χ1) is 8.72. The number of benzene rings is 1. The monoisotopic (exact) mass is 251 g/mol. The minimum Gasteiger partial charge on any atom is -0.478 e. The molecule has 98 valence electrons. The van der Waals surface area contributed by atoms with Gasteiger partial charge in [0.05, 0.1) is 31.4 Å². The molecule has 0 amide bonds. The Morgan fingerprint density at radius 2 is 2.22 bits per heavy atom. The van der Waals surface area contributed by atoms with Crippen LogP contribution in [0.15, 0.2) is 24.3 Å². The van der Waals surface area contributed by atoms with Crippen molar-refractivity contribution < 1.29 is 19.7 Å². The molecule has 5 heteroatoms. The number of aliphatic hydroxyl groups excluding tert-OH is 1. The Labute approximate surface area is 106 Å². The molecule has 0 saturated carbocycles. The summed E-state index contributed by atoms with van der Waals surface area (Å²) in [6.45, 7) is 2.36. The molecule has 1 saturated heterocycles. The van der Waals surface area contributed by atoms with Crippen LogP contribution in [0.4, 0.5) is 0 Å². The molecule has 2 N–H and O–H groups in total.